The Morgan fingerprint density at radius 3 is 1.65 bits per heavy atom. The first-order valence-corrected chi connectivity index (χ1v) is 15.6. The fourth-order valence-electron chi connectivity index (χ4n) is 5.09. The Balaban J connectivity index is 3.88. The van der Waals surface area contributed by atoms with Crippen molar-refractivity contribution < 1.29 is 0 Å². The molecule has 0 spiro atoms. The highest BCUT2D eigenvalue weighted by atomic mass is 15.0. The van der Waals surface area contributed by atoms with Crippen molar-refractivity contribution in [3.05, 3.63) is 12.2 Å². The zero-order chi connectivity index (χ0) is 25.1. The van der Waals surface area contributed by atoms with Crippen molar-refractivity contribution in [3.8, 4) is 0 Å². The van der Waals surface area contributed by atoms with Crippen molar-refractivity contribution in [3.63, 3.8) is 0 Å². The molecule has 0 aliphatic carbocycles. The van der Waals surface area contributed by atoms with Crippen LogP contribution in [0.1, 0.15) is 155 Å². The minimum absolute atomic E-state index is 0.906. The Kier molecular flexibility index (Phi) is 27.0. The Labute approximate surface area is 217 Å². The molecule has 0 aliphatic heterocycles. The Hall–Kier alpha value is -0.340. The first-order valence-electron chi connectivity index (χ1n) is 15.6. The number of nitrogens with one attached hydrogen (secondary N) is 1. The Morgan fingerprint density at radius 1 is 0.618 bits per heavy atom. The highest BCUT2D eigenvalue weighted by Gasteiger charge is 2.11. The van der Waals surface area contributed by atoms with Gasteiger partial charge in [-0.3, -0.25) is 0 Å². The van der Waals surface area contributed by atoms with E-state index in [-0.39, 0.29) is 0 Å². The number of rotatable bonds is 28. The summed E-state index contributed by atoms with van der Waals surface area (Å²) < 4.78 is 0. The SMILES string of the molecule is C=C(CCCCCCCNCCCN(C)C)CC(CCCCCCCC)CCCCCCCC. The van der Waals surface area contributed by atoms with Gasteiger partial charge in [0.15, 0.2) is 0 Å². The summed E-state index contributed by atoms with van der Waals surface area (Å²) in [5, 5.41) is 3.59. The molecule has 0 atom stereocenters. The van der Waals surface area contributed by atoms with Gasteiger partial charge in [-0.05, 0) is 71.8 Å². The van der Waals surface area contributed by atoms with E-state index in [2.05, 4.69) is 44.7 Å². The van der Waals surface area contributed by atoms with Crippen LogP contribution in [0, 0.1) is 5.92 Å². The van der Waals surface area contributed by atoms with Crippen LogP contribution in [0.15, 0.2) is 12.2 Å². The van der Waals surface area contributed by atoms with E-state index in [0.29, 0.717) is 0 Å². The van der Waals surface area contributed by atoms with Crippen molar-refractivity contribution in [2.24, 2.45) is 5.92 Å². The van der Waals surface area contributed by atoms with Crippen molar-refractivity contribution in [1.29, 1.82) is 0 Å². The molecule has 0 aromatic heterocycles. The van der Waals surface area contributed by atoms with E-state index < -0.39 is 0 Å². The predicted molar refractivity (Wildman–Crippen MR) is 157 cm³/mol. The Bertz CT molecular complexity index is 388. The fourth-order valence-corrected chi connectivity index (χ4v) is 5.09. The number of nitrogens with zero attached hydrogens (tertiary/aromatic N) is 1. The normalized spacial score (nSPS) is 11.7. The maximum Gasteiger partial charge on any atom is -0.00127 e. The van der Waals surface area contributed by atoms with Gasteiger partial charge in [0.05, 0.1) is 0 Å². The lowest BCUT2D eigenvalue weighted by atomic mass is 9.87. The van der Waals surface area contributed by atoms with Gasteiger partial charge >= 0.3 is 0 Å². The third-order valence-electron chi connectivity index (χ3n) is 7.35. The first-order chi connectivity index (χ1) is 16.6. The zero-order valence-electron chi connectivity index (χ0n) is 24.4. The highest BCUT2D eigenvalue weighted by Crippen LogP contribution is 2.27. The van der Waals surface area contributed by atoms with E-state index in [0.717, 1.165) is 12.5 Å². The topological polar surface area (TPSA) is 15.3 Å². The van der Waals surface area contributed by atoms with Crippen LogP contribution in [-0.4, -0.2) is 38.6 Å². The molecule has 1 N–H and O–H groups in total. The molecule has 2 heteroatoms. The van der Waals surface area contributed by atoms with Crippen LogP contribution < -0.4 is 5.32 Å². The largest absolute Gasteiger partial charge is 0.317 e. The average Bonchev–Trinajstić information content (AvgIpc) is 2.81. The van der Waals surface area contributed by atoms with Crippen molar-refractivity contribution in [2.45, 2.75) is 155 Å². The molecule has 0 rings (SSSR count). The lowest BCUT2D eigenvalue weighted by Crippen LogP contribution is -2.22. The summed E-state index contributed by atoms with van der Waals surface area (Å²) in [6.07, 6.45) is 30.7. The Morgan fingerprint density at radius 2 is 1.09 bits per heavy atom. The quantitative estimate of drug-likeness (QED) is 0.0888. The second-order valence-corrected chi connectivity index (χ2v) is 11.4. The van der Waals surface area contributed by atoms with Gasteiger partial charge in [0.2, 0.25) is 0 Å². The van der Waals surface area contributed by atoms with Crippen LogP contribution in [0.5, 0.6) is 0 Å². The van der Waals surface area contributed by atoms with E-state index in [1.807, 2.05) is 0 Å². The molecule has 0 bridgehead atoms. The van der Waals surface area contributed by atoms with Crippen LogP contribution >= 0.6 is 0 Å². The summed E-state index contributed by atoms with van der Waals surface area (Å²) in [5.41, 5.74) is 1.55. The number of hydrogen-bond acceptors (Lipinski definition) is 2. The molecule has 0 saturated heterocycles. The van der Waals surface area contributed by atoms with Crippen LogP contribution in [0.2, 0.25) is 0 Å². The number of hydrogen-bond donors (Lipinski definition) is 1. The molecule has 0 fully saturated rings. The molecule has 204 valence electrons. The summed E-state index contributed by atoms with van der Waals surface area (Å²) in [7, 11) is 4.31. The average molecular weight is 479 g/mol. The number of unbranched alkanes of at least 4 members (excludes halogenated alkanes) is 14. The molecule has 0 radical (unpaired) electrons. The molecule has 0 aromatic rings. The van der Waals surface area contributed by atoms with Crippen molar-refractivity contribution in [2.75, 3.05) is 33.7 Å². The molecule has 0 saturated carbocycles. The van der Waals surface area contributed by atoms with E-state index >= 15 is 0 Å². The molecular weight excluding hydrogens is 412 g/mol. The van der Waals surface area contributed by atoms with Gasteiger partial charge in [0, 0.05) is 0 Å². The van der Waals surface area contributed by atoms with Crippen molar-refractivity contribution in [1.82, 2.24) is 10.2 Å². The molecular formula is C32H66N2. The van der Waals surface area contributed by atoms with Gasteiger partial charge in [0.1, 0.15) is 0 Å². The standard InChI is InChI=1S/C32H66N2/c1-6-8-10-12-16-20-25-32(26-21-17-13-11-9-7-2)30-31(3)24-19-15-14-18-22-27-33-28-23-29-34(4)5/h32-33H,3,6-30H2,1-2,4-5H3. The monoisotopic (exact) mass is 479 g/mol. The van der Waals surface area contributed by atoms with Crippen LogP contribution in [0.25, 0.3) is 0 Å². The van der Waals surface area contributed by atoms with Gasteiger partial charge in [-0.1, -0.05) is 135 Å². The van der Waals surface area contributed by atoms with E-state index in [1.54, 1.807) is 5.57 Å². The molecule has 0 unspecified atom stereocenters. The van der Waals surface area contributed by atoms with Gasteiger partial charge in [0.25, 0.3) is 0 Å². The highest BCUT2D eigenvalue weighted by molar-refractivity contribution is 4.95. The van der Waals surface area contributed by atoms with Gasteiger partial charge in [-0.25, -0.2) is 0 Å². The molecule has 0 aromatic carbocycles. The smallest absolute Gasteiger partial charge is 0.00127 e. The predicted octanol–water partition coefficient (Wildman–Crippen LogP) is 9.93. The van der Waals surface area contributed by atoms with Crippen LogP contribution in [-0.2, 0) is 0 Å². The second kappa shape index (κ2) is 27.3. The summed E-state index contributed by atoms with van der Waals surface area (Å²) >= 11 is 0. The minimum atomic E-state index is 0.906. The molecule has 34 heavy (non-hydrogen) atoms. The van der Waals surface area contributed by atoms with Gasteiger partial charge in [-0.2, -0.15) is 0 Å². The zero-order valence-corrected chi connectivity index (χ0v) is 24.4. The van der Waals surface area contributed by atoms with Crippen molar-refractivity contribution >= 4 is 0 Å². The van der Waals surface area contributed by atoms with E-state index in [9.17, 15) is 0 Å². The van der Waals surface area contributed by atoms with Crippen LogP contribution in [0.3, 0.4) is 0 Å². The van der Waals surface area contributed by atoms with Gasteiger partial charge < -0.3 is 10.2 Å². The molecule has 0 aliphatic rings. The third-order valence-corrected chi connectivity index (χ3v) is 7.35. The van der Waals surface area contributed by atoms with Gasteiger partial charge in [-0.15, -0.1) is 0 Å². The van der Waals surface area contributed by atoms with E-state index in [1.165, 1.54) is 154 Å². The fraction of sp³-hybridized carbons (Fsp3) is 0.938. The molecule has 2 nitrogen and oxygen atoms in total. The lowest BCUT2D eigenvalue weighted by Gasteiger charge is -2.19. The number of allylic oxidation sites excluding steroid dienone is 1. The summed E-state index contributed by atoms with van der Waals surface area (Å²) in [6, 6.07) is 0. The maximum absolute atomic E-state index is 4.51. The molecule has 0 amide bonds. The second-order valence-electron chi connectivity index (χ2n) is 11.4. The minimum Gasteiger partial charge on any atom is -0.317 e. The third kappa shape index (κ3) is 26.3. The maximum atomic E-state index is 4.51. The van der Waals surface area contributed by atoms with E-state index in [4.69, 9.17) is 0 Å². The summed E-state index contributed by atoms with van der Waals surface area (Å²) in [6.45, 7) is 12.7. The van der Waals surface area contributed by atoms with Crippen LogP contribution in [0.4, 0.5) is 0 Å². The summed E-state index contributed by atoms with van der Waals surface area (Å²) in [5.74, 6) is 0.906. The first kappa shape index (κ1) is 33.7. The lowest BCUT2D eigenvalue weighted by molar-refractivity contribution is 0.393. The molecule has 0 heterocycles. The summed E-state index contributed by atoms with van der Waals surface area (Å²) in [4.78, 5) is 2.26.